The van der Waals surface area contributed by atoms with Gasteiger partial charge < -0.3 is 15.0 Å². The number of aryl methyl sites for hydroxylation is 1. The first-order valence-corrected chi connectivity index (χ1v) is 7.87. The molecule has 0 unspecified atom stereocenters. The van der Waals surface area contributed by atoms with Crippen LogP contribution in [0.15, 0.2) is 30.9 Å². The van der Waals surface area contributed by atoms with Crippen LogP contribution in [0.2, 0.25) is 0 Å². The van der Waals surface area contributed by atoms with Crippen molar-refractivity contribution in [3.63, 3.8) is 0 Å². The van der Waals surface area contributed by atoms with Gasteiger partial charge in [0.2, 0.25) is 0 Å². The first-order valence-electron chi connectivity index (χ1n) is 7.87. The average Bonchev–Trinajstić information content (AvgIpc) is 3.04. The Balaban J connectivity index is 1.75. The number of hydrogen-bond acceptors (Lipinski definition) is 7. The number of nitrogens with zero attached hydrogens (tertiary/aromatic N) is 5. The fourth-order valence-electron chi connectivity index (χ4n) is 3.00. The van der Waals surface area contributed by atoms with Gasteiger partial charge in [0.1, 0.15) is 18.2 Å². The third-order valence-electron chi connectivity index (χ3n) is 4.26. The van der Waals surface area contributed by atoms with Crippen molar-refractivity contribution in [2.45, 2.75) is 25.5 Å². The maximum atomic E-state index is 9.23. The van der Waals surface area contributed by atoms with Crippen LogP contribution >= 0.6 is 0 Å². The maximum absolute atomic E-state index is 9.23. The number of hydrogen-bond donors (Lipinski definition) is 1. The predicted molar refractivity (Wildman–Crippen MR) is 90.8 cm³/mol. The van der Waals surface area contributed by atoms with Crippen molar-refractivity contribution < 1.29 is 4.74 Å². The van der Waals surface area contributed by atoms with Gasteiger partial charge in [-0.3, -0.25) is 4.98 Å². The number of nitrogens with one attached hydrogen (secondary N) is 1. The Hall–Kier alpha value is -2.72. The van der Waals surface area contributed by atoms with E-state index in [0.717, 1.165) is 30.2 Å². The summed E-state index contributed by atoms with van der Waals surface area (Å²) in [7, 11) is 1.73. The van der Waals surface area contributed by atoms with Gasteiger partial charge in [0.25, 0.3) is 0 Å². The lowest BCUT2D eigenvalue weighted by molar-refractivity contribution is 0.118. The molecule has 1 aliphatic heterocycles. The molecule has 0 spiro atoms. The van der Waals surface area contributed by atoms with Gasteiger partial charge in [-0.2, -0.15) is 5.26 Å². The summed E-state index contributed by atoms with van der Waals surface area (Å²) in [6, 6.07) is 6.21. The Morgan fingerprint density at radius 3 is 3.04 bits per heavy atom. The van der Waals surface area contributed by atoms with Crippen molar-refractivity contribution in [2.75, 3.05) is 30.4 Å². The van der Waals surface area contributed by atoms with Crippen molar-refractivity contribution in [1.82, 2.24) is 15.0 Å². The minimum Gasteiger partial charge on any atom is -0.382 e. The fourth-order valence-corrected chi connectivity index (χ4v) is 3.00. The van der Waals surface area contributed by atoms with E-state index >= 15 is 0 Å². The lowest BCUT2D eigenvalue weighted by Crippen LogP contribution is -2.35. The van der Waals surface area contributed by atoms with Gasteiger partial charge in [0.15, 0.2) is 0 Å². The van der Waals surface area contributed by atoms with Gasteiger partial charge in [-0.15, -0.1) is 0 Å². The molecule has 1 aliphatic rings. The average molecular weight is 324 g/mol. The monoisotopic (exact) mass is 324 g/mol. The lowest BCUT2D eigenvalue weighted by Gasteiger charge is -2.26. The van der Waals surface area contributed by atoms with Crippen LogP contribution in [0.1, 0.15) is 17.7 Å². The van der Waals surface area contributed by atoms with Gasteiger partial charge in [0.05, 0.1) is 23.4 Å². The highest BCUT2D eigenvalue weighted by atomic mass is 16.5. The Labute approximate surface area is 141 Å². The van der Waals surface area contributed by atoms with Gasteiger partial charge in [-0.1, -0.05) is 0 Å². The van der Waals surface area contributed by atoms with E-state index in [-0.39, 0.29) is 12.1 Å². The fraction of sp³-hybridized carbons (Fsp3) is 0.412. The molecule has 2 aromatic rings. The molecule has 3 heterocycles. The second kappa shape index (κ2) is 7.23. The summed E-state index contributed by atoms with van der Waals surface area (Å²) < 4.78 is 5.53. The zero-order chi connectivity index (χ0) is 16.9. The van der Waals surface area contributed by atoms with E-state index in [4.69, 9.17) is 4.74 Å². The SMILES string of the molecule is CO[C@@H]1C[C@H](CNc2cc(C)ncc2C#N)N(c2ccncn2)C1. The molecule has 0 saturated carbocycles. The number of nitriles is 1. The second-order valence-corrected chi connectivity index (χ2v) is 5.83. The first-order chi connectivity index (χ1) is 11.7. The molecule has 0 amide bonds. The third-order valence-corrected chi connectivity index (χ3v) is 4.26. The van der Waals surface area contributed by atoms with Crippen LogP contribution in [-0.2, 0) is 4.74 Å². The zero-order valence-corrected chi connectivity index (χ0v) is 13.8. The quantitative estimate of drug-likeness (QED) is 0.896. The van der Waals surface area contributed by atoms with Crippen molar-refractivity contribution in [1.29, 1.82) is 5.26 Å². The van der Waals surface area contributed by atoms with Crippen LogP contribution < -0.4 is 10.2 Å². The smallest absolute Gasteiger partial charge is 0.132 e. The van der Waals surface area contributed by atoms with E-state index in [2.05, 4.69) is 31.2 Å². The Bertz CT molecular complexity index is 730. The van der Waals surface area contributed by atoms with Crippen LogP contribution in [0, 0.1) is 18.3 Å². The standard InChI is InChI=1S/C17H20N6O/c1-12-5-16(13(7-18)8-20-12)21-9-14-6-15(24-2)10-23(14)17-3-4-19-11-22-17/h3-5,8,11,14-15H,6,9-10H2,1-2H3,(H,20,21)/t14-,15-/m1/s1. The Morgan fingerprint density at radius 2 is 2.33 bits per heavy atom. The molecule has 2 atom stereocenters. The number of aromatic nitrogens is 3. The van der Waals surface area contributed by atoms with E-state index in [1.807, 2.05) is 19.1 Å². The predicted octanol–water partition coefficient (Wildman–Crippen LogP) is 1.76. The molecule has 7 heteroatoms. The molecule has 0 aromatic carbocycles. The maximum Gasteiger partial charge on any atom is 0.132 e. The number of anilines is 2. The normalized spacial score (nSPS) is 20.0. The van der Waals surface area contributed by atoms with Crippen molar-refractivity contribution in [3.8, 4) is 6.07 Å². The number of methoxy groups -OCH3 is 1. The second-order valence-electron chi connectivity index (χ2n) is 5.83. The topological polar surface area (TPSA) is 87.0 Å². The summed E-state index contributed by atoms with van der Waals surface area (Å²) in [5.41, 5.74) is 2.24. The van der Waals surface area contributed by atoms with Crippen LogP contribution in [0.4, 0.5) is 11.5 Å². The molecular formula is C17H20N6O. The van der Waals surface area contributed by atoms with Crippen LogP contribution in [0.25, 0.3) is 0 Å². The minimum atomic E-state index is 0.168. The van der Waals surface area contributed by atoms with E-state index in [9.17, 15) is 5.26 Å². The highest BCUT2D eigenvalue weighted by molar-refractivity contribution is 5.57. The summed E-state index contributed by atoms with van der Waals surface area (Å²) in [5.74, 6) is 0.891. The van der Waals surface area contributed by atoms with Gasteiger partial charge >= 0.3 is 0 Å². The number of pyridine rings is 1. The summed E-state index contributed by atoms with van der Waals surface area (Å²) in [6.45, 7) is 3.40. The van der Waals surface area contributed by atoms with E-state index < -0.39 is 0 Å². The molecular weight excluding hydrogens is 304 g/mol. The Morgan fingerprint density at radius 1 is 1.46 bits per heavy atom. The molecule has 7 nitrogen and oxygen atoms in total. The molecule has 0 bridgehead atoms. The van der Waals surface area contributed by atoms with Crippen LogP contribution in [0.3, 0.4) is 0 Å². The lowest BCUT2D eigenvalue weighted by atomic mass is 10.1. The molecule has 2 aromatic heterocycles. The summed E-state index contributed by atoms with van der Waals surface area (Å²) >= 11 is 0. The summed E-state index contributed by atoms with van der Waals surface area (Å²) in [5, 5.41) is 12.6. The zero-order valence-electron chi connectivity index (χ0n) is 13.8. The highest BCUT2D eigenvalue weighted by Crippen LogP contribution is 2.26. The summed E-state index contributed by atoms with van der Waals surface area (Å²) in [6.07, 6.45) is 5.97. The van der Waals surface area contributed by atoms with Crippen molar-refractivity contribution in [2.24, 2.45) is 0 Å². The third kappa shape index (κ3) is 3.44. The highest BCUT2D eigenvalue weighted by Gasteiger charge is 2.32. The van der Waals surface area contributed by atoms with Crippen molar-refractivity contribution in [3.05, 3.63) is 42.1 Å². The molecule has 3 rings (SSSR count). The van der Waals surface area contributed by atoms with Gasteiger partial charge in [-0.25, -0.2) is 9.97 Å². The largest absolute Gasteiger partial charge is 0.382 e. The van der Waals surface area contributed by atoms with Gasteiger partial charge in [0, 0.05) is 38.3 Å². The van der Waals surface area contributed by atoms with E-state index in [1.54, 1.807) is 25.8 Å². The summed E-state index contributed by atoms with van der Waals surface area (Å²) in [4.78, 5) is 14.7. The van der Waals surface area contributed by atoms with Crippen LogP contribution in [0.5, 0.6) is 0 Å². The molecule has 1 saturated heterocycles. The molecule has 124 valence electrons. The van der Waals surface area contributed by atoms with Crippen molar-refractivity contribution >= 4 is 11.5 Å². The van der Waals surface area contributed by atoms with E-state index in [0.29, 0.717) is 12.1 Å². The molecule has 1 fully saturated rings. The first kappa shape index (κ1) is 16.1. The molecule has 24 heavy (non-hydrogen) atoms. The van der Waals surface area contributed by atoms with Crippen LogP contribution in [-0.4, -0.2) is 47.3 Å². The molecule has 1 N–H and O–H groups in total. The minimum absolute atomic E-state index is 0.168. The Kier molecular flexibility index (Phi) is 4.87. The van der Waals surface area contributed by atoms with E-state index in [1.165, 1.54) is 0 Å². The molecule has 0 aliphatic carbocycles. The molecule has 0 radical (unpaired) electrons. The number of ether oxygens (including phenoxy) is 1. The van der Waals surface area contributed by atoms with Gasteiger partial charge in [-0.05, 0) is 25.5 Å². The number of rotatable bonds is 5.